The normalized spacial score (nSPS) is 14.8. The number of carbonyl (C=O) groups excluding carboxylic acids is 1. The van der Waals surface area contributed by atoms with Gasteiger partial charge in [0.05, 0.1) is 11.3 Å². The van der Waals surface area contributed by atoms with E-state index in [0.29, 0.717) is 11.5 Å². The second kappa shape index (κ2) is 9.43. The Kier molecular flexibility index (Phi) is 6.61. The molecule has 1 fully saturated rings. The van der Waals surface area contributed by atoms with Gasteiger partial charge >= 0.3 is 0 Å². The summed E-state index contributed by atoms with van der Waals surface area (Å²) in [5, 5.41) is 1.04. The largest absolute Gasteiger partial charge is 0.484 e. The zero-order valence-electron chi connectivity index (χ0n) is 18.1. The van der Waals surface area contributed by atoms with Crippen LogP contribution in [-0.4, -0.2) is 35.5 Å². The number of ether oxygens (including phenoxy) is 1. The van der Waals surface area contributed by atoms with Crippen molar-refractivity contribution >= 4 is 35.3 Å². The topological polar surface area (TPSA) is 71.4 Å². The number of aromatic nitrogens is 1. The lowest BCUT2D eigenvalue weighted by Crippen LogP contribution is -2.31. The molecule has 0 bridgehead atoms. The summed E-state index contributed by atoms with van der Waals surface area (Å²) in [5.74, 6) is -0.617. The zero-order valence-corrected chi connectivity index (χ0v) is 18.9. The first-order chi connectivity index (χ1) is 15.5. The van der Waals surface area contributed by atoms with Gasteiger partial charge < -0.3 is 20.4 Å². The Morgan fingerprint density at radius 1 is 1.21 bits per heavy atom. The summed E-state index contributed by atoms with van der Waals surface area (Å²) in [7, 11) is 0. The number of nitrogens with one attached hydrogen (secondary N) is 1. The van der Waals surface area contributed by atoms with Gasteiger partial charge in [0.25, 0.3) is 0 Å². The molecule has 0 unspecified atom stereocenters. The number of benzene rings is 2. The molecule has 33 heavy (non-hydrogen) atoms. The number of halogens is 3. The van der Waals surface area contributed by atoms with Gasteiger partial charge in [-0.15, -0.1) is 12.4 Å². The number of H-pyrrole nitrogens is 1. The van der Waals surface area contributed by atoms with Crippen LogP contribution in [0.4, 0.5) is 8.78 Å². The molecule has 2 aromatic carbocycles. The fourth-order valence-corrected chi connectivity index (χ4v) is 4.40. The Morgan fingerprint density at radius 3 is 2.79 bits per heavy atom. The molecule has 1 saturated carbocycles. The molecule has 0 radical (unpaired) electrons. The smallest absolute Gasteiger partial charge is 0.249 e. The van der Waals surface area contributed by atoms with E-state index in [0.717, 1.165) is 48.1 Å². The van der Waals surface area contributed by atoms with Gasteiger partial charge in [0.2, 0.25) is 5.91 Å². The molecule has 1 amide bonds. The van der Waals surface area contributed by atoms with E-state index >= 15 is 0 Å². The molecule has 2 aliphatic rings. The minimum Gasteiger partial charge on any atom is -0.484 e. The number of carbonyl (C=O) groups is 1. The highest BCUT2D eigenvalue weighted by atomic mass is 35.5. The van der Waals surface area contributed by atoms with E-state index in [1.54, 1.807) is 0 Å². The summed E-state index contributed by atoms with van der Waals surface area (Å²) in [4.78, 5) is 17.3. The van der Waals surface area contributed by atoms with Gasteiger partial charge in [0, 0.05) is 35.8 Å². The lowest BCUT2D eigenvalue weighted by molar-refractivity contribution is 0.0999. The highest BCUT2D eigenvalue weighted by Crippen LogP contribution is 2.36. The Bertz CT molecular complexity index is 1220. The van der Waals surface area contributed by atoms with Crippen LogP contribution in [0.1, 0.15) is 40.7 Å². The molecule has 0 saturated heterocycles. The van der Waals surface area contributed by atoms with Crippen LogP contribution in [0.5, 0.6) is 5.75 Å². The van der Waals surface area contributed by atoms with Gasteiger partial charge in [0.15, 0.2) is 11.6 Å². The highest BCUT2D eigenvalue weighted by molar-refractivity contribution is 5.98. The summed E-state index contributed by atoms with van der Waals surface area (Å²) in [6.07, 6.45) is 7.94. The molecule has 5 rings (SSSR count). The Balaban J connectivity index is 0.00000259. The number of nitrogens with two attached hydrogens (primary N) is 1. The maximum atomic E-state index is 14.2. The first-order valence-corrected chi connectivity index (χ1v) is 11.0. The second-order valence-electron chi connectivity index (χ2n) is 8.62. The number of aromatic amines is 1. The monoisotopic (exact) mass is 473 g/mol. The van der Waals surface area contributed by atoms with E-state index < -0.39 is 11.7 Å². The number of aryl methyl sites for hydroxylation is 1. The van der Waals surface area contributed by atoms with Crippen molar-refractivity contribution in [3.05, 3.63) is 70.6 Å². The summed E-state index contributed by atoms with van der Waals surface area (Å²) >= 11 is 0. The minimum absolute atomic E-state index is 0. The first-order valence-electron chi connectivity index (χ1n) is 11.0. The number of fused-ring (bicyclic) bond motifs is 2. The molecule has 3 aromatic rings. The molecule has 1 aromatic heterocycles. The van der Waals surface area contributed by atoms with E-state index in [9.17, 15) is 13.6 Å². The fraction of sp³-hybridized carbons (Fsp3) is 0.320. The third-order valence-electron chi connectivity index (χ3n) is 6.27. The lowest BCUT2D eigenvalue weighted by atomic mass is 10.0. The predicted octanol–water partition coefficient (Wildman–Crippen LogP) is 5.04. The summed E-state index contributed by atoms with van der Waals surface area (Å²) in [6, 6.07) is 7.43. The van der Waals surface area contributed by atoms with Crippen LogP contribution in [0.15, 0.2) is 42.2 Å². The molecular weight excluding hydrogens is 448 g/mol. The van der Waals surface area contributed by atoms with Crippen molar-refractivity contribution in [1.29, 1.82) is 0 Å². The molecule has 5 nitrogen and oxygen atoms in total. The van der Waals surface area contributed by atoms with Gasteiger partial charge in [0.1, 0.15) is 12.4 Å². The number of nitrogens with zero attached hydrogens (tertiary/aromatic N) is 1. The van der Waals surface area contributed by atoms with Crippen LogP contribution in [0.3, 0.4) is 0 Å². The second-order valence-corrected chi connectivity index (χ2v) is 8.62. The molecular formula is C25H26ClF2N3O2. The van der Waals surface area contributed by atoms with E-state index in [1.165, 1.54) is 37.1 Å². The molecule has 8 heteroatoms. The summed E-state index contributed by atoms with van der Waals surface area (Å²) in [5.41, 5.74) is 9.07. The van der Waals surface area contributed by atoms with Crippen molar-refractivity contribution in [2.24, 2.45) is 11.7 Å². The quantitative estimate of drug-likeness (QED) is 0.481. The van der Waals surface area contributed by atoms with Crippen molar-refractivity contribution in [2.75, 3.05) is 19.7 Å². The third-order valence-corrected chi connectivity index (χ3v) is 6.27. The Morgan fingerprint density at radius 2 is 2.03 bits per heavy atom. The third kappa shape index (κ3) is 4.83. The van der Waals surface area contributed by atoms with Crippen LogP contribution >= 0.6 is 12.4 Å². The van der Waals surface area contributed by atoms with Crippen LogP contribution in [-0.2, 0) is 6.42 Å². The van der Waals surface area contributed by atoms with E-state index in [1.807, 2.05) is 18.3 Å². The van der Waals surface area contributed by atoms with Gasteiger partial charge in [-0.2, -0.15) is 0 Å². The van der Waals surface area contributed by atoms with Gasteiger partial charge in [-0.05, 0) is 73.6 Å². The Hall–Kier alpha value is -3.06. The molecule has 174 valence electrons. The van der Waals surface area contributed by atoms with E-state index in [-0.39, 0.29) is 36.1 Å². The molecule has 0 atom stereocenters. The SMILES string of the molecule is Cl.NC(=O)c1ccc(F)c2c1C=C(N(CCCc1c[nH]c3cc(F)ccc13)CC1CC1)CO2. The van der Waals surface area contributed by atoms with Crippen LogP contribution in [0.25, 0.3) is 17.0 Å². The summed E-state index contributed by atoms with van der Waals surface area (Å²) < 4.78 is 33.4. The van der Waals surface area contributed by atoms with Crippen LogP contribution in [0, 0.1) is 17.6 Å². The van der Waals surface area contributed by atoms with Crippen LogP contribution < -0.4 is 10.5 Å². The first kappa shape index (κ1) is 23.1. The van der Waals surface area contributed by atoms with Crippen molar-refractivity contribution < 1.29 is 18.3 Å². The fourth-order valence-electron chi connectivity index (χ4n) is 4.40. The lowest BCUT2D eigenvalue weighted by Gasteiger charge is -2.31. The predicted molar refractivity (Wildman–Crippen MR) is 127 cm³/mol. The highest BCUT2D eigenvalue weighted by Gasteiger charge is 2.28. The molecule has 0 spiro atoms. The van der Waals surface area contributed by atoms with Gasteiger partial charge in [-0.25, -0.2) is 8.78 Å². The summed E-state index contributed by atoms with van der Waals surface area (Å²) in [6.45, 7) is 1.96. The Labute approximate surface area is 197 Å². The minimum atomic E-state index is -0.605. The van der Waals surface area contributed by atoms with E-state index in [2.05, 4.69) is 9.88 Å². The average molecular weight is 474 g/mol. The van der Waals surface area contributed by atoms with Crippen molar-refractivity contribution in [1.82, 2.24) is 9.88 Å². The van der Waals surface area contributed by atoms with E-state index in [4.69, 9.17) is 10.5 Å². The molecule has 1 aliphatic heterocycles. The van der Waals surface area contributed by atoms with Crippen molar-refractivity contribution in [3.8, 4) is 5.75 Å². The standard InChI is InChI=1S/C25H25F2N3O2.ClH/c26-17-5-6-19-16(12-29-23(19)10-17)2-1-9-30(13-15-3-4-15)18-11-21-20(25(28)31)7-8-22(27)24(21)32-14-18;/h5-8,10-12,15,29H,1-4,9,13-14H2,(H2,28,31);1H. The van der Waals surface area contributed by atoms with Crippen molar-refractivity contribution in [3.63, 3.8) is 0 Å². The number of hydrogen-bond donors (Lipinski definition) is 2. The van der Waals surface area contributed by atoms with Gasteiger partial charge in [-0.3, -0.25) is 4.79 Å². The molecule has 1 aliphatic carbocycles. The molecule has 2 heterocycles. The van der Waals surface area contributed by atoms with Crippen molar-refractivity contribution in [2.45, 2.75) is 25.7 Å². The maximum absolute atomic E-state index is 14.2. The maximum Gasteiger partial charge on any atom is 0.249 e. The zero-order chi connectivity index (χ0) is 22.2. The number of amides is 1. The van der Waals surface area contributed by atoms with Crippen LogP contribution in [0.2, 0.25) is 0 Å². The number of primary amides is 1. The average Bonchev–Trinajstić information content (AvgIpc) is 3.51. The number of rotatable bonds is 8. The van der Waals surface area contributed by atoms with Gasteiger partial charge in [-0.1, -0.05) is 0 Å². The number of hydrogen-bond acceptors (Lipinski definition) is 3. The molecule has 3 N–H and O–H groups in total.